The topological polar surface area (TPSA) is 115 Å². The lowest BCUT2D eigenvalue weighted by molar-refractivity contribution is -0.119. The maximum Gasteiger partial charge on any atom is 0.247 e. The van der Waals surface area contributed by atoms with Gasteiger partial charge in [0.1, 0.15) is 6.04 Å². The monoisotopic (exact) mass is 424 g/mol. The summed E-state index contributed by atoms with van der Waals surface area (Å²) >= 11 is 1.51. The smallest absolute Gasteiger partial charge is 0.247 e. The number of hydrogen-bond donors (Lipinski definition) is 3. The minimum absolute atomic E-state index is 0.152. The van der Waals surface area contributed by atoms with Gasteiger partial charge in [-0.05, 0) is 43.2 Å². The number of aromatic nitrogens is 3. The number of aryl methyl sites for hydroxylation is 1. The Morgan fingerprint density at radius 2 is 1.67 bits per heavy atom. The molecule has 30 heavy (non-hydrogen) atoms. The van der Waals surface area contributed by atoms with Gasteiger partial charge in [0.2, 0.25) is 17.8 Å². The lowest BCUT2D eigenvalue weighted by atomic mass is 10.2. The molecule has 0 aliphatic carbocycles. The summed E-state index contributed by atoms with van der Waals surface area (Å²) in [5.41, 5.74) is 8.49. The summed E-state index contributed by atoms with van der Waals surface area (Å²) in [5, 5.41) is 14.2. The van der Waals surface area contributed by atoms with Crippen LogP contribution in [0.25, 0.3) is 0 Å². The van der Waals surface area contributed by atoms with E-state index in [-0.39, 0.29) is 17.8 Å². The van der Waals surface area contributed by atoms with Crippen molar-refractivity contribution in [1.29, 1.82) is 0 Å². The Morgan fingerprint density at radius 1 is 1.03 bits per heavy atom. The number of nitrogens with zero attached hydrogens (tertiary/aromatic N) is 3. The molecule has 3 rings (SSSR count). The van der Waals surface area contributed by atoms with Crippen molar-refractivity contribution in [2.75, 3.05) is 22.1 Å². The van der Waals surface area contributed by atoms with Gasteiger partial charge in [0.15, 0.2) is 5.16 Å². The Bertz CT molecular complexity index is 1000. The average Bonchev–Trinajstić information content (AvgIpc) is 3.09. The first-order chi connectivity index (χ1) is 14.4. The number of thioether (sulfide) groups is 1. The summed E-state index contributed by atoms with van der Waals surface area (Å²) in [7, 11) is 0. The third-order valence-corrected chi connectivity index (χ3v) is 5.34. The summed E-state index contributed by atoms with van der Waals surface area (Å²) in [6, 6.07) is 16.5. The van der Waals surface area contributed by atoms with Crippen molar-refractivity contribution in [3.8, 4) is 0 Å². The van der Waals surface area contributed by atoms with Crippen LogP contribution in [0, 0.1) is 0 Å². The summed E-state index contributed by atoms with van der Waals surface area (Å²) in [5.74, 6) is 0.599. The van der Waals surface area contributed by atoms with Gasteiger partial charge in [0, 0.05) is 24.1 Å². The van der Waals surface area contributed by atoms with Crippen molar-refractivity contribution in [2.24, 2.45) is 0 Å². The Kier molecular flexibility index (Phi) is 7.08. The predicted molar refractivity (Wildman–Crippen MR) is 119 cm³/mol. The SMILES string of the molecule is CC(=O)Nc1ccc(NC(=O)C(C)n2c(N)nnc2SCCc2ccccc2)cc1. The molecule has 0 aliphatic rings. The van der Waals surface area contributed by atoms with E-state index in [9.17, 15) is 9.59 Å². The zero-order valence-electron chi connectivity index (χ0n) is 16.8. The molecule has 0 saturated heterocycles. The zero-order valence-corrected chi connectivity index (χ0v) is 17.6. The highest BCUT2D eigenvalue weighted by atomic mass is 32.2. The number of rotatable bonds is 8. The average molecular weight is 425 g/mol. The first-order valence-corrected chi connectivity index (χ1v) is 10.5. The molecule has 0 saturated carbocycles. The lowest BCUT2D eigenvalue weighted by Gasteiger charge is -2.16. The fourth-order valence-corrected chi connectivity index (χ4v) is 3.87. The van der Waals surface area contributed by atoms with Gasteiger partial charge >= 0.3 is 0 Å². The van der Waals surface area contributed by atoms with Crippen LogP contribution < -0.4 is 16.4 Å². The Labute approximate surface area is 179 Å². The highest BCUT2D eigenvalue weighted by Crippen LogP contribution is 2.25. The van der Waals surface area contributed by atoms with Gasteiger partial charge in [0.05, 0.1) is 0 Å². The van der Waals surface area contributed by atoms with Gasteiger partial charge in [-0.3, -0.25) is 14.2 Å². The number of carbonyl (C=O) groups is 2. The molecule has 1 unspecified atom stereocenters. The van der Waals surface area contributed by atoms with Gasteiger partial charge < -0.3 is 16.4 Å². The standard InChI is InChI=1S/C21H24N6O2S/c1-14(19(29)24-18-10-8-17(9-11-18)23-15(2)28)27-20(22)25-26-21(27)30-13-12-16-6-4-3-5-7-16/h3-11,14H,12-13H2,1-2H3,(H2,22,25)(H,23,28)(H,24,29). The molecule has 0 fully saturated rings. The highest BCUT2D eigenvalue weighted by molar-refractivity contribution is 7.99. The molecule has 8 nitrogen and oxygen atoms in total. The van der Waals surface area contributed by atoms with E-state index in [1.165, 1.54) is 24.2 Å². The molecule has 0 spiro atoms. The molecular formula is C21H24N6O2S. The van der Waals surface area contributed by atoms with E-state index in [4.69, 9.17) is 5.73 Å². The van der Waals surface area contributed by atoms with Crippen LogP contribution in [0.5, 0.6) is 0 Å². The minimum Gasteiger partial charge on any atom is -0.368 e. The summed E-state index contributed by atoms with van der Waals surface area (Å²) in [4.78, 5) is 23.9. The number of amides is 2. The maximum atomic E-state index is 12.8. The molecule has 2 aromatic carbocycles. The highest BCUT2D eigenvalue weighted by Gasteiger charge is 2.22. The molecule has 1 heterocycles. The van der Waals surface area contributed by atoms with Crippen molar-refractivity contribution in [2.45, 2.75) is 31.5 Å². The molecule has 1 atom stereocenters. The summed E-state index contributed by atoms with van der Waals surface area (Å²) < 4.78 is 1.64. The van der Waals surface area contributed by atoms with E-state index in [1.807, 2.05) is 18.2 Å². The van der Waals surface area contributed by atoms with Crippen LogP contribution in [0.4, 0.5) is 17.3 Å². The van der Waals surface area contributed by atoms with Crippen molar-refractivity contribution >= 4 is 40.9 Å². The van der Waals surface area contributed by atoms with Crippen molar-refractivity contribution in [1.82, 2.24) is 14.8 Å². The second kappa shape index (κ2) is 9.93. The van der Waals surface area contributed by atoms with E-state index < -0.39 is 6.04 Å². The van der Waals surface area contributed by atoms with Crippen molar-refractivity contribution in [3.63, 3.8) is 0 Å². The largest absolute Gasteiger partial charge is 0.368 e. The number of hydrogen-bond acceptors (Lipinski definition) is 6. The Morgan fingerprint density at radius 3 is 2.30 bits per heavy atom. The van der Waals surface area contributed by atoms with Gasteiger partial charge in [-0.1, -0.05) is 42.1 Å². The van der Waals surface area contributed by atoms with E-state index in [0.717, 1.165) is 12.2 Å². The summed E-state index contributed by atoms with van der Waals surface area (Å²) in [6.45, 7) is 3.19. The first-order valence-electron chi connectivity index (χ1n) is 9.49. The van der Waals surface area contributed by atoms with Crippen LogP contribution in [0.2, 0.25) is 0 Å². The minimum atomic E-state index is -0.589. The van der Waals surface area contributed by atoms with Crippen LogP contribution >= 0.6 is 11.8 Å². The molecule has 3 aromatic rings. The van der Waals surface area contributed by atoms with Crippen molar-refractivity contribution < 1.29 is 9.59 Å². The molecule has 0 bridgehead atoms. The molecule has 156 valence electrons. The number of benzene rings is 2. The van der Waals surface area contributed by atoms with Crippen LogP contribution in [0.1, 0.15) is 25.5 Å². The van der Waals surface area contributed by atoms with E-state index in [1.54, 1.807) is 35.8 Å². The summed E-state index contributed by atoms with van der Waals surface area (Å²) in [6.07, 6.45) is 0.874. The number of nitrogens with two attached hydrogens (primary N) is 1. The van der Waals surface area contributed by atoms with Gasteiger partial charge in [-0.25, -0.2) is 0 Å². The molecule has 2 amide bonds. The third-order valence-electron chi connectivity index (χ3n) is 4.40. The molecule has 0 aliphatic heterocycles. The third kappa shape index (κ3) is 5.60. The maximum absolute atomic E-state index is 12.8. The first kappa shape index (κ1) is 21.4. The quantitative estimate of drug-likeness (QED) is 0.478. The molecule has 1 aromatic heterocycles. The number of anilines is 3. The van der Waals surface area contributed by atoms with Gasteiger partial charge in [0.25, 0.3) is 0 Å². The van der Waals surface area contributed by atoms with Gasteiger partial charge in [-0.2, -0.15) is 0 Å². The molecule has 0 radical (unpaired) electrons. The molecular weight excluding hydrogens is 400 g/mol. The second-order valence-corrected chi connectivity index (χ2v) is 7.78. The zero-order chi connectivity index (χ0) is 21.5. The van der Waals surface area contributed by atoms with Crippen molar-refractivity contribution in [3.05, 3.63) is 60.2 Å². The van der Waals surface area contributed by atoms with E-state index in [2.05, 4.69) is 33.0 Å². The fourth-order valence-electron chi connectivity index (χ4n) is 2.86. The number of carbonyl (C=O) groups excluding carboxylic acids is 2. The van der Waals surface area contributed by atoms with Crippen LogP contribution in [0.3, 0.4) is 0 Å². The number of nitrogens with one attached hydrogen (secondary N) is 2. The van der Waals surface area contributed by atoms with Crippen LogP contribution in [0.15, 0.2) is 59.8 Å². The van der Waals surface area contributed by atoms with E-state index >= 15 is 0 Å². The van der Waals surface area contributed by atoms with Crippen LogP contribution in [-0.4, -0.2) is 32.3 Å². The van der Waals surface area contributed by atoms with Crippen LogP contribution in [-0.2, 0) is 16.0 Å². The second-order valence-electron chi connectivity index (χ2n) is 6.72. The van der Waals surface area contributed by atoms with Gasteiger partial charge in [-0.15, -0.1) is 10.2 Å². The van der Waals surface area contributed by atoms with E-state index in [0.29, 0.717) is 16.5 Å². The molecule has 9 heteroatoms. The molecule has 4 N–H and O–H groups in total. The lowest BCUT2D eigenvalue weighted by Crippen LogP contribution is -2.25. The Hall–Kier alpha value is -3.33. The number of nitrogen functional groups attached to an aromatic ring is 1. The predicted octanol–water partition coefficient (Wildman–Crippen LogP) is 3.35. The fraction of sp³-hybridized carbons (Fsp3) is 0.238. The Balaban J connectivity index is 1.62. The normalized spacial score (nSPS) is 11.7.